The monoisotopic (exact) mass is 290 g/mol. The maximum absolute atomic E-state index is 11.2. The lowest BCUT2D eigenvalue weighted by Crippen LogP contribution is -2.17. The van der Waals surface area contributed by atoms with Gasteiger partial charge in [0.25, 0.3) is 5.69 Å². The number of carbonyl (C=O) groups is 1. The molecule has 0 amide bonds. The van der Waals surface area contributed by atoms with Gasteiger partial charge in [0.1, 0.15) is 5.75 Å². The van der Waals surface area contributed by atoms with Crippen molar-refractivity contribution in [2.24, 2.45) is 5.73 Å². The van der Waals surface area contributed by atoms with Crippen LogP contribution in [0.5, 0.6) is 5.75 Å². The zero-order chi connectivity index (χ0) is 13.7. The lowest BCUT2D eigenvalue weighted by Gasteiger charge is -2.12. The van der Waals surface area contributed by atoms with E-state index in [4.69, 9.17) is 10.5 Å². The average molecular weight is 291 g/mol. The van der Waals surface area contributed by atoms with Crippen molar-refractivity contribution in [3.05, 3.63) is 33.9 Å². The van der Waals surface area contributed by atoms with Gasteiger partial charge in [0, 0.05) is 23.7 Å². The Morgan fingerprint density at radius 3 is 2.74 bits per heavy atom. The van der Waals surface area contributed by atoms with Crippen LogP contribution in [0.4, 0.5) is 5.69 Å². The van der Waals surface area contributed by atoms with Crippen LogP contribution >= 0.6 is 12.4 Å². The zero-order valence-electron chi connectivity index (χ0n) is 10.2. The number of benzene rings is 1. The van der Waals surface area contributed by atoms with Crippen LogP contribution in [0.25, 0.3) is 0 Å². The Labute approximate surface area is 115 Å². The number of ether oxygens (including phenoxy) is 1. The normalized spacial score (nSPS) is 11.3. The predicted molar refractivity (Wildman–Crippen MR) is 70.2 cm³/mol. The van der Waals surface area contributed by atoms with Crippen LogP contribution in [0.3, 0.4) is 0 Å². The summed E-state index contributed by atoms with van der Waals surface area (Å²) in [6.45, 7) is 1.89. The molecule has 0 saturated carbocycles. The number of phenols is 1. The van der Waals surface area contributed by atoms with E-state index in [-0.39, 0.29) is 42.4 Å². The highest BCUT2D eigenvalue weighted by atomic mass is 35.5. The Kier molecular flexibility index (Phi) is 6.81. The molecule has 1 aromatic carbocycles. The number of non-ortho nitro benzene ring substituents is 1. The van der Waals surface area contributed by atoms with E-state index in [0.29, 0.717) is 0 Å². The van der Waals surface area contributed by atoms with Gasteiger partial charge in [-0.05, 0) is 13.0 Å². The Morgan fingerprint density at radius 2 is 2.21 bits per heavy atom. The quantitative estimate of drug-likeness (QED) is 0.484. The van der Waals surface area contributed by atoms with Gasteiger partial charge < -0.3 is 15.6 Å². The molecule has 19 heavy (non-hydrogen) atoms. The fourth-order valence-corrected chi connectivity index (χ4v) is 1.46. The van der Waals surface area contributed by atoms with Crippen molar-refractivity contribution >= 4 is 24.1 Å². The van der Waals surface area contributed by atoms with Crippen molar-refractivity contribution in [3.63, 3.8) is 0 Å². The minimum atomic E-state index is -0.844. The number of rotatable bonds is 5. The third-order valence-electron chi connectivity index (χ3n) is 2.31. The van der Waals surface area contributed by atoms with Crippen LogP contribution in [-0.2, 0) is 9.53 Å². The standard InChI is InChI=1S/C11H14N2O5.ClH/c1-2-18-11(15)6-9(12)8-5-7(13(16)17)3-4-10(8)14;/h3-5,9,14H,2,6,12H2,1H3;1H/t9-;/m0./s1. The second-order valence-corrected chi connectivity index (χ2v) is 3.62. The van der Waals surface area contributed by atoms with Gasteiger partial charge in [-0.15, -0.1) is 12.4 Å². The summed E-state index contributed by atoms with van der Waals surface area (Å²) in [6, 6.07) is 2.65. The first kappa shape index (κ1) is 17.1. The molecular formula is C11H15ClN2O5. The molecule has 0 heterocycles. The van der Waals surface area contributed by atoms with E-state index in [1.165, 1.54) is 6.07 Å². The Balaban J connectivity index is 0.00000324. The number of aromatic hydroxyl groups is 1. The summed E-state index contributed by atoms with van der Waals surface area (Å²) in [6.07, 6.45) is -0.150. The molecule has 0 saturated heterocycles. The van der Waals surface area contributed by atoms with Crippen molar-refractivity contribution < 1.29 is 19.6 Å². The lowest BCUT2D eigenvalue weighted by molar-refractivity contribution is -0.385. The Hall–Kier alpha value is -1.86. The van der Waals surface area contributed by atoms with E-state index in [2.05, 4.69) is 0 Å². The molecule has 0 spiro atoms. The van der Waals surface area contributed by atoms with Crippen LogP contribution in [0.2, 0.25) is 0 Å². The highest BCUT2D eigenvalue weighted by molar-refractivity contribution is 5.85. The molecule has 106 valence electrons. The van der Waals surface area contributed by atoms with Gasteiger partial charge in [-0.25, -0.2) is 0 Å². The number of nitrogens with zero attached hydrogens (tertiary/aromatic N) is 1. The molecular weight excluding hydrogens is 276 g/mol. The van der Waals surface area contributed by atoms with Crippen LogP contribution in [0.15, 0.2) is 18.2 Å². The predicted octanol–water partition coefficient (Wildman–Crippen LogP) is 1.68. The minimum Gasteiger partial charge on any atom is -0.508 e. The molecule has 0 aliphatic rings. The number of hydrogen-bond donors (Lipinski definition) is 2. The number of nitro benzene ring substituents is 1. The molecule has 1 atom stereocenters. The van der Waals surface area contributed by atoms with Gasteiger partial charge in [-0.1, -0.05) is 0 Å². The second-order valence-electron chi connectivity index (χ2n) is 3.62. The summed E-state index contributed by atoms with van der Waals surface area (Å²) in [5, 5.41) is 20.2. The summed E-state index contributed by atoms with van der Waals surface area (Å²) < 4.78 is 4.72. The molecule has 0 unspecified atom stereocenters. The number of carbonyl (C=O) groups excluding carboxylic acids is 1. The molecule has 0 bridgehead atoms. The summed E-state index contributed by atoms with van der Waals surface area (Å²) in [7, 11) is 0. The van der Waals surface area contributed by atoms with E-state index in [0.717, 1.165) is 12.1 Å². The molecule has 0 aliphatic carbocycles. The van der Waals surface area contributed by atoms with Gasteiger partial charge in [-0.3, -0.25) is 14.9 Å². The largest absolute Gasteiger partial charge is 0.508 e. The first-order chi connectivity index (χ1) is 8.45. The Bertz CT molecular complexity index is 466. The molecule has 0 aromatic heterocycles. The maximum atomic E-state index is 11.2. The molecule has 0 aliphatic heterocycles. The molecule has 1 aromatic rings. The summed E-state index contributed by atoms with van der Waals surface area (Å²) in [5.41, 5.74) is 5.67. The van der Waals surface area contributed by atoms with Crippen molar-refractivity contribution in [2.75, 3.05) is 6.61 Å². The first-order valence-corrected chi connectivity index (χ1v) is 5.34. The van der Waals surface area contributed by atoms with E-state index in [1.807, 2.05) is 0 Å². The van der Waals surface area contributed by atoms with Crippen molar-refractivity contribution in [3.8, 4) is 5.75 Å². The topological polar surface area (TPSA) is 116 Å². The van der Waals surface area contributed by atoms with Gasteiger partial charge in [0.15, 0.2) is 0 Å². The van der Waals surface area contributed by atoms with Crippen molar-refractivity contribution in [2.45, 2.75) is 19.4 Å². The average Bonchev–Trinajstić information content (AvgIpc) is 2.29. The van der Waals surface area contributed by atoms with E-state index >= 15 is 0 Å². The number of hydrogen-bond acceptors (Lipinski definition) is 6. The maximum Gasteiger partial charge on any atom is 0.307 e. The Morgan fingerprint density at radius 1 is 1.58 bits per heavy atom. The molecule has 7 nitrogen and oxygen atoms in total. The number of halogens is 1. The fraction of sp³-hybridized carbons (Fsp3) is 0.364. The fourth-order valence-electron chi connectivity index (χ4n) is 1.46. The minimum absolute atomic E-state index is 0. The molecule has 0 fully saturated rings. The van der Waals surface area contributed by atoms with Crippen LogP contribution < -0.4 is 5.73 Å². The lowest BCUT2D eigenvalue weighted by atomic mass is 10.0. The third-order valence-corrected chi connectivity index (χ3v) is 2.31. The van der Waals surface area contributed by atoms with Crippen LogP contribution in [-0.4, -0.2) is 22.6 Å². The summed E-state index contributed by atoms with van der Waals surface area (Å²) in [5.74, 6) is -0.701. The van der Waals surface area contributed by atoms with Crippen LogP contribution in [0, 0.1) is 10.1 Å². The summed E-state index contributed by atoms with van der Waals surface area (Å²) >= 11 is 0. The van der Waals surface area contributed by atoms with E-state index in [1.54, 1.807) is 6.92 Å². The van der Waals surface area contributed by atoms with Gasteiger partial charge in [-0.2, -0.15) is 0 Å². The first-order valence-electron chi connectivity index (χ1n) is 5.34. The summed E-state index contributed by atoms with van der Waals surface area (Å²) in [4.78, 5) is 21.2. The highest BCUT2D eigenvalue weighted by Crippen LogP contribution is 2.28. The van der Waals surface area contributed by atoms with Crippen LogP contribution in [0.1, 0.15) is 24.9 Å². The molecule has 1 rings (SSSR count). The number of nitro groups is 1. The smallest absolute Gasteiger partial charge is 0.307 e. The number of phenolic OH excluding ortho intramolecular Hbond substituents is 1. The van der Waals surface area contributed by atoms with Crippen molar-refractivity contribution in [1.82, 2.24) is 0 Å². The molecule has 8 heteroatoms. The van der Waals surface area contributed by atoms with Gasteiger partial charge >= 0.3 is 5.97 Å². The third kappa shape index (κ3) is 4.72. The zero-order valence-corrected chi connectivity index (χ0v) is 11.1. The number of esters is 1. The highest BCUT2D eigenvalue weighted by Gasteiger charge is 2.19. The van der Waals surface area contributed by atoms with E-state index < -0.39 is 16.9 Å². The molecule has 3 N–H and O–H groups in total. The second kappa shape index (κ2) is 7.55. The molecule has 0 radical (unpaired) electrons. The van der Waals surface area contributed by atoms with Gasteiger partial charge in [0.05, 0.1) is 18.0 Å². The van der Waals surface area contributed by atoms with Gasteiger partial charge in [0.2, 0.25) is 0 Å². The SMILES string of the molecule is CCOC(=O)C[C@H](N)c1cc([N+](=O)[O-])ccc1O.Cl. The number of nitrogens with two attached hydrogens (primary N) is 1. The van der Waals surface area contributed by atoms with Crippen molar-refractivity contribution in [1.29, 1.82) is 0 Å². The van der Waals surface area contributed by atoms with E-state index in [9.17, 15) is 20.0 Å².